The van der Waals surface area contributed by atoms with E-state index in [4.69, 9.17) is 0 Å². The lowest BCUT2D eigenvalue weighted by atomic mass is 9.63. The molecule has 1 amide bonds. The van der Waals surface area contributed by atoms with Gasteiger partial charge in [0.25, 0.3) is 5.91 Å². The summed E-state index contributed by atoms with van der Waals surface area (Å²) in [5, 5.41) is 6.30. The van der Waals surface area contributed by atoms with Gasteiger partial charge in [0.1, 0.15) is 0 Å². The van der Waals surface area contributed by atoms with E-state index in [1.54, 1.807) is 7.05 Å². The summed E-state index contributed by atoms with van der Waals surface area (Å²) >= 11 is 0. The van der Waals surface area contributed by atoms with Crippen molar-refractivity contribution >= 4 is 11.6 Å². The molecular weight excluding hydrogens is 260 g/mol. The second-order valence-electron chi connectivity index (χ2n) is 7.91. The first-order valence-corrected chi connectivity index (χ1v) is 7.79. The van der Waals surface area contributed by atoms with Crippen LogP contribution in [-0.2, 0) is 0 Å². The topological polar surface area (TPSA) is 41.1 Å². The molecule has 0 unspecified atom stereocenters. The summed E-state index contributed by atoms with van der Waals surface area (Å²) in [6.07, 6.45) is 3.59. The monoisotopic (exact) mass is 288 g/mol. The molecule has 0 aliphatic heterocycles. The quantitative estimate of drug-likeness (QED) is 0.880. The summed E-state index contributed by atoms with van der Waals surface area (Å²) in [6.45, 7) is 9.40. The Morgan fingerprint density at radius 1 is 1.14 bits per heavy atom. The summed E-state index contributed by atoms with van der Waals surface area (Å²) in [6, 6.07) is 8.22. The van der Waals surface area contributed by atoms with Crippen LogP contribution in [0.25, 0.3) is 0 Å². The minimum absolute atomic E-state index is 0.0389. The lowest BCUT2D eigenvalue weighted by Crippen LogP contribution is -2.40. The first kappa shape index (κ1) is 15.9. The Morgan fingerprint density at radius 2 is 1.76 bits per heavy atom. The van der Waals surface area contributed by atoms with Gasteiger partial charge in [0.2, 0.25) is 0 Å². The number of carbonyl (C=O) groups is 1. The van der Waals surface area contributed by atoms with E-state index in [1.807, 2.05) is 24.3 Å². The van der Waals surface area contributed by atoms with Crippen molar-refractivity contribution in [3.05, 3.63) is 29.8 Å². The van der Waals surface area contributed by atoms with E-state index in [0.29, 0.717) is 22.4 Å². The fourth-order valence-electron chi connectivity index (χ4n) is 4.08. The van der Waals surface area contributed by atoms with E-state index in [-0.39, 0.29) is 5.91 Å². The maximum atomic E-state index is 11.7. The fourth-order valence-corrected chi connectivity index (χ4v) is 4.08. The van der Waals surface area contributed by atoms with Crippen molar-refractivity contribution in [3.63, 3.8) is 0 Å². The Morgan fingerprint density at radius 3 is 2.33 bits per heavy atom. The number of nitrogens with one attached hydrogen (secondary N) is 2. The van der Waals surface area contributed by atoms with Gasteiger partial charge in [0.05, 0.1) is 0 Å². The van der Waals surface area contributed by atoms with E-state index < -0.39 is 0 Å². The molecular formula is C18H28N2O. The number of hydrogen-bond donors (Lipinski definition) is 2. The molecule has 1 aliphatic carbocycles. The molecule has 1 aromatic carbocycles. The van der Waals surface area contributed by atoms with Crippen molar-refractivity contribution in [1.29, 1.82) is 0 Å². The van der Waals surface area contributed by atoms with Gasteiger partial charge in [-0.1, -0.05) is 33.8 Å². The van der Waals surface area contributed by atoms with Gasteiger partial charge in [-0.05, 0) is 48.3 Å². The second kappa shape index (κ2) is 5.70. The average Bonchev–Trinajstić information content (AvgIpc) is 2.34. The van der Waals surface area contributed by atoms with Crippen LogP contribution in [0.4, 0.5) is 5.69 Å². The third kappa shape index (κ3) is 4.23. The summed E-state index contributed by atoms with van der Waals surface area (Å²) in [5.41, 5.74) is 2.46. The summed E-state index contributed by atoms with van der Waals surface area (Å²) in [5.74, 6) is -0.0389. The standard InChI is InChI=1S/C18H28N2O/c1-17(2)10-15(11-18(3,4)12-17)20-14-8-6-7-13(9-14)16(21)19-5/h6-9,15,20H,10-12H2,1-5H3,(H,19,21). The summed E-state index contributed by atoms with van der Waals surface area (Å²) in [7, 11) is 1.66. The van der Waals surface area contributed by atoms with Gasteiger partial charge in [-0.15, -0.1) is 0 Å². The van der Waals surface area contributed by atoms with Crippen molar-refractivity contribution in [2.24, 2.45) is 10.8 Å². The number of benzene rings is 1. The molecule has 0 spiro atoms. The van der Waals surface area contributed by atoms with Crippen LogP contribution in [0.1, 0.15) is 57.3 Å². The van der Waals surface area contributed by atoms with Crippen LogP contribution < -0.4 is 10.6 Å². The van der Waals surface area contributed by atoms with Crippen molar-refractivity contribution in [2.45, 2.75) is 53.0 Å². The van der Waals surface area contributed by atoms with Crippen LogP contribution in [0.3, 0.4) is 0 Å². The van der Waals surface area contributed by atoms with Crippen LogP contribution in [-0.4, -0.2) is 19.0 Å². The van der Waals surface area contributed by atoms with Crippen molar-refractivity contribution in [1.82, 2.24) is 5.32 Å². The van der Waals surface area contributed by atoms with Gasteiger partial charge in [-0.3, -0.25) is 4.79 Å². The third-order valence-electron chi connectivity index (χ3n) is 4.28. The number of carbonyl (C=O) groups excluding carboxylic acids is 1. The zero-order valence-electron chi connectivity index (χ0n) is 13.9. The van der Waals surface area contributed by atoms with E-state index in [0.717, 1.165) is 5.69 Å². The molecule has 0 atom stereocenters. The smallest absolute Gasteiger partial charge is 0.251 e. The second-order valence-corrected chi connectivity index (χ2v) is 7.91. The van der Waals surface area contributed by atoms with Crippen LogP contribution in [0.2, 0.25) is 0 Å². The lowest BCUT2D eigenvalue weighted by molar-refractivity contribution is 0.0962. The largest absolute Gasteiger partial charge is 0.382 e. The number of hydrogen-bond acceptors (Lipinski definition) is 2. The van der Waals surface area contributed by atoms with Crippen molar-refractivity contribution < 1.29 is 4.79 Å². The molecule has 0 bridgehead atoms. The van der Waals surface area contributed by atoms with E-state index in [9.17, 15) is 4.79 Å². The molecule has 0 radical (unpaired) electrons. The predicted molar refractivity (Wildman–Crippen MR) is 88.7 cm³/mol. The van der Waals surface area contributed by atoms with Gasteiger partial charge < -0.3 is 10.6 Å². The van der Waals surface area contributed by atoms with E-state index in [1.165, 1.54) is 19.3 Å². The first-order valence-electron chi connectivity index (χ1n) is 7.79. The predicted octanol–water partition coefficient (Wildman–Crippen LogP) is 4.06. The van der Waals surface area contributed by atoms with E-state index in [2.05, 4.69) is 38.3 Å². The molecule has 2 N–H and O–H groups in total. The molecule has 1 aromatic rings. The fraction of sp³-hybridized carbons (Fsp3) is 0.611. The molecule has 21 heavy (non-hydrogen) atoms. The maximum Gasteiger partial charge on any atom is 0.251 e. The molecule has 0 saturated heterocycles. The minimum Gasteiger partial charge on any atom is -0.382 e. The summed E-state index contributed by atoms with van der Waals surface area (Å²) < 4.78 is 0. The third-order valence-corrected chi connectivity index (χ3v) is 4.28. The minimum atomic E-state index is -0.0389. The summed E-state index contributed by atoms with van der Waals surface area (Å²) in [4.78, 5) is 11.7. The zero-order chi connectivity index (χ0) is 15.7. The Labute approximate surface area is 128 Å². The van der Waals surface area contributed by atoms with Crippen LogP contribution in [0.5, 0.6) is 0 Å². The van der Waals surface area contributed by atoms with Gasteiger partial charge in [-0.2, -0.15) is 0 Å². The van der Waals surface area contributed by atoms with E-state index >= 15 is 0 Å². The highest BCUT2D eigenvalue weighted by atomic mass is 16.1. The van der Waals surface area contributed by atoms with Gasteiger partial charge in [0, 0.05) is 24.3 Å². The first-order chi connectivity index (χ1) is 9.71. The van der Waals surface area contributed by atoms with Gasteiger partial charge >= 0.3 is 0 Å². The lowest BCUT2D eigenvalue weighted by Gasteiger charge is -2.45. The Bertz CT molecular complexity index is 504. The van der Waals surface area contributed by atoms with Crippen molar-refractivity contribution in [3.8, 4) is 0 Å². The number of amides is 1. The normalized spacial score (nSPS) is 20.8. The molecule has 1 aliphatic rings. The van der Waals surface area contributed by atoms with Crippen LogP contribution in [0, 0.1) is 10.8 Å². The number of anilines is 1. The highest BCUT2D eigenvalue weighted by Gasteiger charge is 2.38. The molecule has 0 aromatic heterocycles. The zero-order valence-corrected chi connectivity index (χ0v) is 13.9. The van der Waals surface area contributed by atoms with Crippen LogP contribution in [0.15, 0.2) is 24.3 Å². The highest BCUT2D eigenvalue weighted by molar-refractivity contribution is 5.94. The Kier molecular flexibility index (Phi) is 4.31. The molecule has 2 rings (SSSR count). The maximum absolute atomic E-state index is 11.7. The Balaban J connectivity index is 2.12. The molecule has 3 heteroatoms. The molecule has 1 saturated carbocycles. The molecule has 0 heterocycles. The van der Waals surface area contributed by atoms with Gasteiger partial charge in [-0.25, -0.2) is 0 Å². The Hall–Kier alpha value is -1.51. The highest BCUT2D eigenvalue weighted by Crippen LogP contribution is 2.46. The average molecular weight is 288 g/mol. The van der Waals surface area contributed by atoms with Crippen LogP contribution >= 0.6 is 0 Å². The van der Waals surface area contributed by atoms with Crippen molar-refractivity contribution in [2.75, 3.05) is 12.4 Å². The number of rotatable bonds is 3. The SMILES string of the molecule is CNC(=O)c1cccc(NC2CC(C)(C)CC(C)(C)C2)c1. The van der Waals surface area contributed by atoms with Gasteiger partial charge in [0.15, 0.2) is 0 Å². The molecule has 3 nitrogen and oxygen atoms in total. The molecule has 116 valence electrons. The molecule has 1 fully saturated rings.